The molecule has 1 unspecified atom stereocenters. The maximum atomic E-state index is 5.46. The summed E-state index contributed by atoms with van der Waals surface area (Å²) < 4.78 is 10.5. The van der Waals surface area contributed by atoms with Crippen LogP contribution in [-0.4, -0.2) is 63.1 Å². The molecule has 0 amide bonds. The molecule has 1 fully saturated rings. The molecule has 0 aromatic heterocycles. The zero-order valence-electron chi connectivity index (χ0n) is 11.1. The molecule has 0 saturated carbocycles. The van der Waals surface area contributed by atoms with Crippen molar-refractivity contribution in [3.63, 3.8) is 0 Å². The van der Waals surface area contributed by atoms with Crippen molar-refractivity contribution >= 4 is 0 Å². The molecule has 1 heterocycles. The summed E-state index contributed by atoms with van der Waals surface area (Å²) in [6.45, 7) is 8.14. The molecule has 0 aliphatic carbocycles. The fourth-order valence-corrected chi connectivity index (χ4v) is 1.37. The van der Waals surface area contributed by atoms with Crippen molar-refractivity contribution in [2.45, 2.75) is 26.4 Å². The number of hydrogen-bond donors (Lipinski definition) is 0. The van der Waals surface area contributed by atoms with Gasteiger partial charge in [0.25, 0.3) is 0 Å². The first-order chi connectivity index (χ1) is 8.27. The van der Waals surface area contributed by atoms with Crippen LogP contribution >= 0.6 is 0 Å². The van der Waals surface area contributed by atoms with Crippen molar-refractivity contribution in [3.05, 3.63) is 0 Å². The van der Waals surface area contributed by atoms with Crippen LogP contribution in [0.3, 0.4) is 0 Å². The number of hydrogen-bond acceptors (Lipinski definition) is 6. The third-order valence-corrected chi connectivity index (χ3v) is 2.25. The quantitative estimate of drug-likeness (QED) is 0.307. The zero-order valence-corrected chi connectivity index (χ0v) is 11.1. The van der Waals surface area contributed by atoms with Crippen molar-refractivity contribution < 1.29 is 19.1 Å². The molecule has 0 N–H and O–H groups in total. The molecule has 0 aromatic rings. The van der Waals surface area contributed by atoms with Gasteiger partial charge in [0.05, 0.1) is 26.4 Å². The van der Waals surface area contributed by atoms with E-state index < -0.39 is 0 Å². The Morgan fingerprint density at radius 1 is 1.24 bits per heavy atom. The van der Waals surface area contributed by atoms with E-state index in [4.69, 9.17) is 19.1 Å². The van der Waals surface area contributed by atoms with Gasteiger partial charge in [-0.1, -0.05) is 5.17 Å². The molecule has 1 rings (SSSR count). The minimum atomic E-state index is 0.337. The van der Waals surface area contributed by atoms with Gasteiger partial charge in [-0.05, 0) is 20.3 Å². The Morgan fingerprint density at radius 2 is 1.94 bits per heavy atom. The van der Waals surface area contributed by atoms with Gasteiger partial charge in [-0.3, -0.25) is 9.68 Å². The van der Waals surface area contributed by atoms with E-state index in [-0.39, 0.29) is 0 Å². The highest BCUT2D eigenvalue weighted by atomic mass is 16.8. The summed E-state index contributed by atoms with van der Waals surface area (Å²) in [7, 11) is 1.83. The molecular weight excluding hydrogens is 224 g/mol. The smallest absolute Gasteiger partial charge is 0.104 e. The second kappa shape index (κ2) is 8.79. The third-order valence-electron chi connectivity index (χ3n) is 2.25. The standard InChI is InChI=1S/C11H24N2O4/c1-4-16-12(3)13(17-5-2)7-6-8-14-9-11-10-15-11/h11H,4-10H2,1-3H3. The molecule has 17 heavy (non-hydrogen) atoms. The Hall–Kier alpha value is -0.240. The Bertz CT molecular complexity index is 190. The van der Waals surface area contributed by atoms with E-state index >= 15 is 0 Å². The fourth-order valence-electron chi connectivity index (χ4n) is 1.37. The Morgan fingerprint density at radius 3 is 2.53 bits per heavy atom. The predicted molar refractivity (Wildman–Crippen MR) is 62.9 cm³/mol. The third kappa shape index (κ3) is 6.92. The van der Waals surface area contributed by atoms with Crippen LogP contribution in [0, 0.1) is 0 Å². The average Bonchev–Trinajstić information content (AvgIpc) is 3.11. The normalized spacial score (nSPS) is 19.2. The average molecular weight is 248 g/mol. The monoisotopic (exact) mass is 248 g/mol. The van der Waals surface area contributed by atoms with Crippen molar-refractivity contribution in [1.82, 2.24) is 10.3 Å². The number of epoxide rings is 1. The molecule has 102 valence electrons. The first-order valence-electron chi connectivity index (χ1n) is 6.24. The highest BCUT2D eigenvalue weighted by Gasteiger charge is 2.22. The van der Waals surface area contributed by atoms with Gasteiger partial charge in [0.2, 0.25) is 0 Å². The summed E-state index contributed by atoms with van der Waals surface area (Å²) in [6.07, 6.45) is 1.23. The molecular formula is C11H24N2O4. The van der Waals surface area contributed by atoms with Crippen LogP contribution in [0.1, 0.15) is 20.3 Å². The Balaban J connectivity index is 2.04. The van der Waals surface area contributed by atoms with E-state index in [1.54, 1.807) is 10.3 Å². The maximum absolute atomic E-state index is 5.46. The summed E-state index contributed by atoms with van der Waals surface area (Å²) >= 11 is 0. The van der Waals surface area contributed by atoms with Gasteiger partial charge >= 0.3 is 0 Å². The Labute approximate surface area is 103 Å². The van der Waals surface area contributed by atoms with E-state index in [2.05, 4.69) is 0 Å². The SMILES string of the molecule is CCON(C)N(CCCOCC1CO1)OCC. The van der Waals surface area contributed by atoms with E-state index in [9.17, 15) is 0 Å². The molecule has 0 bridgehead atoms. The molecule has 6 nitrogen and oxygen atoms in total. The van der Waals surface area contributed by atoms with E-state index in [1.807, 2.05) is 20.9 Å². The number of rotatable bonds is 11. The lowest BCUT2D eigenvalue weighted by molar-refractivity contribution is -0.393. The highest BCUT2D eigenvalue weighted by Crippen LogP contribution is 2.08. The Kier molecular flexibility index (Phi) is 7.67. The number of hydrazine groups is 1. The summed E-state index contributed by atoms with van der Waals surface area (Å²) in [4.78, 5) is 10.8. The van der Waals surface area contributed by atoms with Gasteiger partial charge in [0, 0.05) is 20.2 Å². The van der Waals surface area contributed by atoms with Gasteiger partial charge < -0.3 is 9.47 Å². The van der Waals surface area contributed by atoms with Crippen molar-refractivity contribution in [2.24, 2.45) is 0 Å². The lowest BCUT2D eigenvalue weighted by Gasteiger charge is -2.28. The van der Waals surface area contributed by atoms with Crippen molar-refractivity contribution in [2.75, 3.05) is 46.6 Å². The van der Waals surface area contributed by atoms with Crippen LogP contribution < -0.4 is 0 Å². The lowest BCUT2D eigenvalue weighted by Crippen LogP contribution is -2.40. The molecule has 6 heteroatoms. The van der Waals surface area contributed by atoms with Crippen molar-refractivity contribution in [3.8, 4) is 0 Å². The fraction of sp³-hybridized carbons (Fsp3) is 1.00. The van der Waals surface area contributed by atoms with Crippen LogP contribution in [0.5, 0.6) is 0 Å². The maximum Gasteiger partial charge on any atom is 0.104 e. The number of nitrogens with zero attached hydrogens (tertiary/aromatic N) is 2. The zero-order chi connectivity index (χ0) is 12.5. The van der Waals surface area contributed by atoms with Gasteiger partial charge in [0.1, 0.15) is 6.10 Å². The minimum absolute atomic E-state index is 0.337. The molecule has 1 atom stereocenters. The molecule has 1 saturated heterocycles. The van der Waals surface area contributed by atoms with E-state index in [0.717, 1.165) is 19.6 Å². The topological polar surface area (TPSA) is 46.7 Å². The molecule has 0 spiro atoms. The summed E-state index contributed by atoms with van der Waals surface area (Å²) in [5, 5.41) is 3.33. The summed E-state index contributed by atoms with van der Waals surface area (Å²) in [5.41, 5.74) is 0. The van der Waals surface area contributed by atoms with Crippen LogP contribution in [0.2, 0.25) is 0 Å². The minimum Gasteiger partial charge on any atom is -0.379 e. The first-order valence-corrected chi connectivity index (χ1v) is 6.24. The molecule has 0 radical (unpaired) electrons. The summed E-state index contributed by atoms with van der Waals surface area (Å²) in [5.74, 6) is 0. The van der Waals surface area contributed by atoms with E-state index in [0.29, 0.717) is 32.5 Å². The van der Waals surface area contributed by atoms with Gasteiger partial charge in [-0.25, -0.2) is 0 Å². The molecule has 1 aliphatic heterocycles. The second-order valence-electron chi connectivity index (χ2n) is 3.76. The van der Waals surface area contributed by atoms with Gasteiger partial charge in [-0.2, -0.15) is 0 Å². The molecule has 0 aromatic carbocycles. The number of ether oxygens (including phenoxy) is 2. The highest BCUT2D eigenvalue weighted by molar-refractivity contribution is 4.66. The van der Waals surface area contributed by atoms with Gasteiger partial charge in [-0.15, -0.1) is 5.17 Å². The predicted octanol–water partition coefficient (Wildman–Crippen LogP) is 0.844. The van der Waals surface area contributed by atoms with Crippen LogP contribution in [-0.2, 0) is 19.1 Å². The lowest BCUT2D eigenvalue weighted by atomic mass is 10.4. The summed E-state index contributed by atoms with van der Waals surface area (Å²) in [6, 6.07) is 0. The second-order valence-corrected chi connectivity index (χ2v) is 3.76. The van der Waals surface area contributed by atoms with Gasteiger partial charge in [0.15, 0.2) is 0 Å². The number of hydroxylamine groups is 2. The molecule has 1 aliphatic rings. The first kappa shape index (κ1) is 14.8. The van der Waals surface area contributed by atoms with E-state index in [1.165, 1.54) is 0 Å². The van der Waals surface area contributed by atoms with Crippen LogP contribution in [0.25, 0.3) is 0 Å². The van der Waals surface area contributed by atoms with Crippen LogP contribution in [0.4, 0.5) is 0 Å². The largest absolute Gasteiger partial charge is 0.379 e. The van der Waals surface area contributed by atoms with Crippen LogP contribution in [0.15, 0.2) is 0 Å². The van der Waals surface area contributed by atoms with Crippen molar-refractivity contribution in [1.29, 1.82) is 0 Å².